The molecule has 180 valence electrons. The number of ether oxygens (including phenoxy) is 1. The number of carbonyl (C=O) groups excluding carboxylic acids is 2. The Kier molecular flexibility index (Phi) is 6.53. The maximum absolute atomic E-state index is 13.5. The normalized spacial score (nSPS) is 17.3. The van der Waals surface area contributed by atoms with Gasteiger partial charge < -0.3 is 9.84 Å². The van der Waals surface area contributed by atoms with Crippen LogP contribution in [-0.4, -0.2) is 23.9 Å². The second-order valence-electron chi connectivity index (χ2n) is 9.36. The fourth-order valence-electron chi connectivity index (χ4n) is 4.75. The number of hydrogen-bond acceptors (Lipinski definition) is 4. The summed E-state index contributed by atoms with van der Waals surface area (Å²) >= 11 is 0. The van der Waals surface area contributed by atoms with Crippen molar-refractivity contribution >= 4 is 23.1 Å². The Morgan fingerprint density at radius 2 is 1.63 bits per heavy atom. The van der Waals surface area contributed by atoms with Crippen molar-refractivity contribution in [3.63, 3.8) is 0 Å². The number of Topliss-reactive ketones (excluding diaryl/α,β-unsaturated/α-hetero) is 1. The van der Waals surface area contributed by atoms with E-state index in [2.05, 4.69) is 0 Å². The first-order valence-corrected chi connectivity index (χ1v) is 11.8. The van der Waals surface area contributed by atoms with Crippen LogP contribution >= 0.6 is 0 Å². The van der Waals surface area contributed by atoms with Crippen molar-refractivity contribution in [2.24, 2.45) is 0 Å². The lowest BCUT2D eigenvalue weighted by Crippen LogP contribution is -2.30. The SMILES string of the molecule is COc1cc(C)c(/C(O)=C2\C(=O)C(=O)N(c3cccc(C)c3C)C2c2ccccc2)cc1C(C)C. The standard InChI is InChI=1S/C30H31NO4/c1-17(2)22-16-23(19(4)15-25(22)35-6)28(32)26-27(21-12-8-7-9-13-21)31(30(34)29(26)33)24-14-10-11-18(3)20(24)5/h7-17,27,32H,1-6H3/b28-26+. The first-order chi connectivity index (χ1) is 16.7. The Morgan fingerprint density at radius 1 is 0.943 bits per heavy atom. The smallest absolute Gasteiger partial charge is 0.300 e. The van der Waals surface area contributed by atoms with Gasteiger partial charge in [0.15, 0.2) is 0 Å². The van der Waals surface area contributed by atoms with Crippen molar-refractivity contribution in [2.45, 2.75) is 46.6 Å². The number of aliphatic hydroxyl groups excluding tert-OH is 1. The van der Waals surface area contributed by atoms with E-state index >= 15 is 0 Å². The van der Waals surface area contributed by atoms with Crippen LogP contribution in [0.15, 0.2) is 66.2 Å². The van der Waals surface area contributed by atoms with Crippen molar-refractivity contribution < 1.29 is 19.4 Å². The average molecular weight is 470 g/mol. The summed E-state index contributed by atoms with van der Waals surface area (Å²) in [5.41, 5.74) is 5.63. The zero-order valence-corrected chi connectivity index (χ0v) is 21.0. The first kappa shape index (κ1) is 24.3. The van der Waals surface area contributed by atoms with Crippen LogP contribution in [0.3, 0.4) is 0 Å². The Labute approximate surface area is 206 Å². The number of nitrogens with zero attached hydrogens (tertiary/aromatic N) is 1. The molecule has 1 aliphatic heterocycles. The van der Waals surface area contributed by atoms with Crippen LogP contribution in [0.4, 0.5) is 5.69 Å². The summed E-state index contributed by atoms with van der Waals surface area (Å²) in [7, 11) is 1.62. The van der Waals surface area contributed by atoms with E-state index in [-0.39, 0.29) is 17.3 Å². The second-order valence-corrected chi connectivity index (χ2v) is 9.36. The Balaban J connectivity index is 2.01. The van der Waals surface area contributed by atoms with E-state index < -0.39 is 17.7 Å². The van der Waals surface area contributed by atoms with E-state index in [0.717, 1.165) is 33.6 Å². The fraction of sp³-hybridized carbons (Fsp3) is 0.267. The van der Waals surface area contributed by atoms with Gasteiger partial charge in [-0.1, -0.05) is 56.3 Å². The third-order valence-corrected chi connectivity index (χ3v) is 6.85. The van der Waals surface area contributed by atoms with Gasteiger partial charge in [0.05, 0.1) is 18.7 Å². The zero-order valence-electron chi connectivity index (χ0n) is 21.0. The molecule has 1 fully saturated rings. The summed E-state index contributed by atoms with van der Waals surface area (Å²) < 4.78 is 5.55. The predicted octanol–water partition coefficient (Wildman–Crippen LogP) is 6.37. The number of carbonyl (C=O) groups is 2. The third-order valence-electron chi connectivity index (χ3n) is 6.85. The van der Waals surface area contributed by atoms with Gasteiger partial charge in [-0.05, 0) is 72.7 Å². The van der Waals surface area contributed by atoms with Crippen molar-refractivity contribution in [3.8, 4) is 5.75 Å². The number of amides is 1. The van der Waals surface area contributed by atoms with Gasteiger partial charge in [-0.15, -0.1) is 0 Å². The largest absolute Gasteiger partial charge is 0.507 e. The number of anilines is 1. The van der Waals surface area contributed by atoms with Crippen molar-refractivity contribution in [3.05, 3.63) is 99.6 Å². The summed E-state index contributed by atoms with van der Waals surface area (Å²) in [5, 5.41) is 11.6. The summed E-state index contributed by atoms with van der Waals surface area (Å²) in [6, 6.07) is 18.1. The van der Waals surface area contributed by atoms with E-state index in [4.69, 9.17) is 4.74 Å². The fourth-order valence-corrected chi connectivity index (χ4v) is 4.75. The number of hydrogen-bond donors (Lipinski definition) is 1. The maximum atomic E-state index is 13.5. The molecular weight excluding hydrogens is 438 g/mol. The molecular formula is C30H31NO4. The zero-order chi connectivity index (χ0) is 25.4. The van der Waals surface area contributed by atoms with E-state index in [1.807, 2.05) is 95.3 Å². The van der Waals surface area contributed by atoms with Gasteiger partial charge in [-0.2, -0.15) is 0 Å². The lowest BCUT2D eigenvalue weighted by Gasteiger charge is -2.27. The number of rotatable bonds is 5. The monoisotopic (exact) mass is 469 g/mol. The van der Waals surface area contributed by atoms with Crippen LogP contribution in [0, 0.1) is 20.8 Å². The average Bonchev–Trinajstić information content (AvgIpc) is 3.10. The van der Waals surface area contributed by atoms with Crippen molar-refractivity contribution in [1.29, 1.82) is 0 Å². The minimum absolute atomic E-state index is 0.0880. The highest BCUT2D eigenvalue weighted by atomic mass is 16.5. The number of aliphatic hydroxyl groups is 1. The lowest BCUT2D eigenvalue weighted by atomic mass is 9.91. The van der Waals surface area contributed by atoms with Crippen LogP contribution < -0.4 is 9.64 Å². The van der Waals surface area contributed by atoms with Crippen LogP contribution in [-0.2, 0) is 9.59 Å². The Hall–Kier alpha value is -3.86. The Morgan fingerprint density at radius 3 is 2.26 bits per heavy atom. The van der Waals surface area contributed by atoms with Gasteiger partial charge in [0.1, 0.15) is 11.5 Å². The molecule has 1 unspecified atom stereocenters. The van der Waals surface area contributed by atoms with E-state index in [9.17, 15) is 14.7 Å². The van der Waals surface area contributed by atoms with Gasteiger partial charge in [0.25, 0.3) is 11.7 Å². The van der Waals surface area contributed by atoms with Gasteiger partial charge in [-0.3, -0.25) is 14.5 Å². The summed E-state index contributed by atoms with van der Waals surface area (Å²) in [6.45, 7) is 9.86. The summed E-state index contributed by atoms with van der Waals surface area (Å²) in [4.78, 5) is 28.5. The highest BCUT2D eigenvalue weighted by Gasteiger charge is 2.47. The molecule has 1 saturated heterocycles. The molecule has 0 radical (unpaired) electrons. The molecule has 0 bridgehead atoms. The first-order valence-electron chi connectivity index (χ1n) is 11.8. The number of ketones is 1. The van der Waals surface area contributed by atoms with Gasteiger partial charge in [0, 0.05) is 11.3 Å². The van der Waals surface area contributed by atoms with Crippen LogP contribution in [0.25, 0.3) is 5.76 Å². The minimum Gasteiger partial charge on any atom is -0.507 e. The molecule has 1 heterocycles. The molecule has 0 saturated carbocycles. The van der Waals surface area contributed by atoms with Crippen LogP contribution in [0.5, 0.6) is 5.75 Å². The van der Waals surface area contributed by atoms with Gasteiger partial charge in [-0.25, -0.2) is 0 Å². The predicted molar refractivity (Wildman–Crippen MR) is 139 cm³/mol. The molecule has 35 heavy (non-hydrogen) atoms. The van der Waals surface area contributed by atoms with Crippen LogP contribution in [0.1, 0.15) is 59.2 Å². The minimum atomic E-state index is -0.749. The molecule has 1 atom stereocenters. The van der Waals surface area contributed by atoms with Crippen LogP contribution in [0.2, 0.25) is 0 Å². The summed E-state index contributed by atoms with van der Waals surface area (Å²) in [6.07, 6.45) is 0. The molecule has 0 aliphatic carbocycles. The molecule has 1 N–H and O–H groups in total. The number of benzene rings is 3. The van der Waals surface area contributed by atoms with Gasteiger partial charge >= 0.3 is 0 Å². The van der Waals surface area contributed by atoms with Gasteiger partial charge in [0.2, 0.25) is 0 Å². The highest BCUT2D eigenvalue weighted by Crippen LogP contribution is 2.44. The molecule has 3 aromatic carbocycles. The van der Waals surface area contributed by atoms with Crippen molar-refractivity contribution in [2.75, 3.05) is 12.0 Å². The van der Waals surface area contributed by atoms with E-state index in [1.165, 1.54) is 4.90 Å². The summed E-state index contributed by atoms with van der Waals surface area (Å²) in [5.74, 6) is -0.654. The second kappa shape index (κ2) is 9.41. The molecule has 1 amide bonds. The van der Waals surface area contributed by atoms with E-state index in [1.54, 1.807) is 7.11 Å². The molecule has 0 aromatic heterocycles. The molecule has 5 nitrogen and oxygen atoms in total. The highest BCUT2D eigenvalue weighted by molar-refractivity contribution is 6.51. The molecule has 5 heteroatoms. The molecule has 4 rings (SSSR count). The van der Waals surface area contributed by atoms with E-state index in [0.29, 0.717) is 11.3 Å². The number of aryl methyl sites for hydroxylation is 2. The quantitative estimate of drug-likeness (QED) is 0.268. The number of methoxy groups -OCH3 is 1. The van der Waals surface area contributed by atoms with Crippen molar-refractivity contribution in [1.82, 2.24) is 0 Å². The lowest BCUT2D eigenvalue weighted by molar-refractivity contribution is -0.132. The molecule has 3 aromatic rings. The molecule has 0 spiro atoms. The Bertz CT molecular complexity index is 1340. The maximum Gasteiger partial charge on any atom is 0.300 e. The molecule has 1 aliphatic rings. The third kappa shape index (κ3) is 4.12. The topological polar surface area (TPSA) is 66.8 Å².